The first-order valence-electron chi connectivity index (χ1n) is 8.88. The number of carbonyl (C=O) groups is 2. The van der Waals surface area contributed by atoms with E-state index in [1.807, 2.05) is 0 Å². The molecule has 0 spiro atoms. The Kier molecular flexibility index (Phi) is 3.88. The summed E-state index contributed by atoms with van der Waals surface area (Å²) in [5, 5.41) is 12.2. The Morgan fingerprint density at radius 2 is 1.70 bits per heavy atom. The predicted molar refractivity (Wildman–Crippen MR) is 86.1 cm³/mol. The Bertz CT molecular complexity index is 482. The van der Waals surface area contributed by atoms with Gasteiger partial charge in [-0.2, -0.15) is 0 Å². The lowest BCUT2D eigenvalue weighted by Crippen LogP contribution is -2.73. The van der Waals surface area contributed by atoms with Crippen molar-refractivity contribution in [2.24, 2.45) is 16.7 Å². The normalized spacial score (nSPS) is 34.7. The van der Waals surface area contributed by atoms with Gasteiger partial charge >= 0.3 is 12.1 Å². The number of alkyl carbamates (subject to hydrolysis) is 1. The molecule has 0 aromatic carbocycles. The number of aliphatic carboxylic acids is 1. The fourth-order valence-corrected chi connectivity index (χ4v) is 5.30. The summed E-state index contributed by atoms with van der Waals surface area (Å²) in [5.74, 6) is -0.165. The number of hydrogen-bond acceptors (Lipinski definition) is 3. The van der Waals surface area contributed by atoms with E-state index < -0.39 is 23.7 Å². The molecule has 5 heteroatoms. The molecule has 4 fully saturated rings. The smallest absolute Gasteiger partial charge is 0.408 e. The molecule has 4 rings (SSSR count). The standard InChI is InChI=1S/C18H29NO4/c1-16(2,3)23-15(22)19-13(14(20)21)18-9-17(10-18,11-18)12-7-5-4-6-8-12/h12-13H,4-11H2,1-3H3,(H,19,22)(H,20,21). The molecule has 1 atom stereocenters. The van der Waals surface area contributed by atoms with Crippen LogP contribution in [0.5, 0.6) is 0 Å². The second-order valence-corrected chi connectivity index (χ2v) is 9.01. The fourth-order valence-electron chi connectivity index (χ4n) is 5.30. The molecule has 0 heterocycles. The van der Waals surface area contributed by atoms with Gasteiger partial charge in [0.15, 0.2) is 0 Å². The van der Waals surface area contributed by atoms with Crippen LogP contribution in [0, 0.1) is 16.7 Å². The molecule has 0 saturated heterocycles. The first kappa shape index (κ1) is 16.6. The maximum absolute atomic E-state index is 12.0. The molecule has 4 aliphatic rings. The second kappa shape index (κ2) is 5.38. The van der Waals surface area contributed by atoms with Crippen molar-refractivity contribution in [1.82, 2.24) is 5.32 Å². The van der Waals surface area contributed by atoms with E-state index in [9.17, 15) is 14.7 Å². The molecule has 23 heavy (non-hydrogen) atoms. The third kappa shape index (κ3) is 2.94. The van der Waals surface area contributed by atoms with E-state index in [0.29, 0.717) is 5.41 Å². The summed E-state index contributed by atoms with van der Waals surface area (Å²) in [6.45, 7) is 5.34. The minimum absolute atomic E-state index is 0.236. The summed E-state index contributed by atoms with van der Waals surface area (Å²) in [6, 6.07) is -0.817. The third-order valence-electron chi connectivity index (χ3n) is 6.10. The molecule has 0 aliphatic heterocycles. The highest BCUT2D eigenvalue weighted by Gasteiger charge is 2.73. The van der Waals surface area contributed by atoms with Crippen molar-refractivity contribution in [3.63, 3.8) is 0 Å². The van der Waals surface area contributed by atoms with Crippen molar-refractivity contribution in [2.75, 3.05) is 0 Å². The second-order valence-electron chi connectivity index (χ2n) is 9.01. The lowest BCUT2D eigenvalue weighted by atomic mass is 9.29. The van der Waals surface area contributed by atoms with Crippen molar-refractivity contribution in [3.05, 3.63) is 0 Å². The number of rotatable bonds is 4. The zero-order valence-corrected chi connectivity index (χ0v) is 14.5. The van der Waals surface area contributed by atoms with Gasteiger partial charge in [0.05, 0.1) is 0 Å². The van der Waals surface area contributed by atoms with E-state index in [1.165, 1.54) is 32.1 Å². The van der Waals surface area contributed by atoms with Crippen LogP contribution in [0.1, 0.15) is 72.1 Å². The summed E-state index contributed by atoms with van der Waals surface area (Å²) in [7, 11) is 0. The van der Waals surface area contributed by atoms with Crippen LogP contribution in [0.2, 0.25) is 0 Å². The van der Waals surface area contributed by atoms with Gasteiger partial charge in [0.2, 0.25) is 0 Å². The van der Waals surface area contributed by atoms with Gasteiger partial charge in [-0.1, -0.05) is 19.3 Å². The van der Waals surface area contributed by atoms with Gasteiger partial charge in [0.1, 0.15) is 11.6 Å². The number of ether oxygens (including phenoxy) is 1. The molecular formula is C18H29NO4. The van der Waals surface area contributed by atoms with Crippen LogP contribution < -0.4 is 5.32 Å². The van der Waals surface area contributed by atoms with Gasteiger partial charge in [-0.25, -0.2) is 9.59 Å². The number of carboxylic acids is 1. The Balaban J connectivity index is 1.59. The molecule has 5 nitrogen and oxygen atoms in total. The zero-order valence-electron chi connectivity index (χ0n) is 14.5. The largest absolute Gasteiger partial charge is 0.480 e. The Morgan fingerprint density at radius 3 is 2.17 bits per heavy atom. The predicted octanol–water partition coefficient (Wildman–Crippen LogP) is 3.71. The highest BCUT2D eigenvalue weighted by Crippen LogP contribution is 2.78. The van der Waals surface area contributed by atoms with Crippen LogP contribution in [0.25, 0.3) is 0 Å². The first-order valence-corrected chi connectivity index (χ1v) is 8.88. The van der Waals surface area contributed by atoms with E-state index in [2.05, 4.69) is 5.32 Å². The van der Waals surface area contributed by atoms with Crippen molar-refractivity contribution >= 4 is 12.1 Å². The monoisotopic (exact) mass is 323 g/mol. The average Bonchev–Trinajstić information content (AvgIpc) is 2.33. The lowest BCUT2D eigenvalue weighted by molar-refractivity contribution is -0.255. The van der Waals surface area contributed by atoms with Gasteiger partial charge < -0.3 is 15.2 Å². The molecule has 0 aromatic heterocycles. The summed E-state index contributed by atoms with van der Waals surface area (Å²) >= 11 is 0. The fraction of sp³-hybridized carbons (Fsp3) is 0.889. The zero-order chi connectivity index (χ0) is 16.9. The summed E-state index contributed by atoms with van der Waals surface area (Å²) in [5.41, 5.74) is -0.472. The molecule has 130 valence electrons. The van der Waals surface area contributed by atoms with Crippen molar-refractivity contribution < 1.29 is 19.4 Å². The summed E-state index contributed by atoms with van der Waals surface area (Å²) < 4.78 is 5.23. The topological polar surface area (TPSA) is 75.6 Å². The Hall–Kier alpha value is -1.26. The number of nitrogens with one attached hydrogen (secondary N) is 1. The van der Waals surface area contributed by atoms with E-state index in [4.69, 9.17) is 4.74 Å². The summed E-state index contributed by atoms with van der Waals surface area (Å²) in [6.07, 6.45) is 8.82. The first-order chi connectivity index (χ1) is 10.7. The van der Waals surface area contributed by atoms with Gasteiger partial charge in [0, 0.05) is 5.41 Å². The molecule has 0 aromatic rings. The molecule has 4 saturated carbocycles. The van der Waals surface area contributed by atoms with Crippen LogP contribution >= 0.6 is 0 Å². The van der Waals surface area contributed by atoms with Crippen molar-refractivity contribution in [3.8, 4) is 0 Å². The van der Waals surface area contributed by atoms with Gasteiger partial charge in [-0.3, -0.25) is 0 Å². The summed E-state index contributed by atoms with van der Waals surface area (Å²) in [4.78, 5) is 23.6. The van der Waals surface area contributed by atoms with Crippen LogP contribution in [-0.2, 0) is 9.53 Å². The van der Waals surface area contributed by atoms with E-state index in [1.54, 1.807) is 20.8 Å². The van der Waals surface area contributed by atoms with Crippen molar-refractivity contribution in [1.29, 1.82) is 0 Å². The van der Waals surface area contributed by atoms with Crippen LogP contribution in [-0.4, -0.2) is 28.8 Å². The molecule has 1 amide bonds. The minimum Gasteiger partial charge on any atom is -0.480 e. The molecule has 1 unspecified atom stereocenters. The van der Waals surface area contributed by atoms with E-state index in [0.717, 1.165) is 25.2 Å². The number of hydrogen-bond donors (Lipinski definition) is 2. The van der Waals surface area contributed by atoms with E-state index >= 15 is 0 Å². The number of amides is 1. The SMILES string of the molecule is CC(C)(C)OC(=O)NC(C(=O)O)C12CC(C3CCCCC3)(C1)C2. The van der Waals surface area contributed by atoms with Gasteiger partial charge in [-0.05, 0) is 64.2 Å². The molecular weight excluding hydrogens is 294 g/mol. The van der Waals surface area contributed by atoms with Crippen LogP contribution in [0.15, 0.2) is 0 Å². The average molecular weight is 323 g/mol. The quantitative estimate of drug-likeness (QED) is 0.827. The highest BCUT2D eigenvalue weighted by atomic mass is 16.6. The molecule has 2 bridgehead atoms. The third-order valence-corrected chi connectivity index (χ3v) is 6.10. The number of carboxylic acid groups (broad SMARTS) is 1. The van der Waals surface area contributed by atoms with E-state index in [-0.39, 0.29) is 5.41 Å². The molecule has 0 radical (unpaired) electrons. The molecule has 4 aliphatic carbocycles. The maximum Gasteiger partial charge on any atom is 0.408 e. The maximum atomic E-state index is 12.0. The van der Waals surface area contributed by atoms with Crippen LogP contribution in [0.3, 0.4) is 0 Å². The highest BCUT2D eigenvalue weighted by molar-refractivity contribution is 5.81. The lowest BCUT2D eigenvalue weighted by Gasteiger charge is -2.75. The number of carbonyl (C=O) groups excluding carboxylic acids is 1. The minimum atomic E-state index is -0.937. The van der Waals surface area contributed by atoms with Gasteiger partial charge in [-0.15, -0.1) is 0 Å². The molecule has 2 N–H and O–H groups in total. The Morgan fingerprint density at radius 1 is 1.13 bits per heavy atom. The van der Waals surface area contributed by atoms with Gasteiger partial charge in [0.25, 0.3) is 0 Å². The van der Waals surface area contributed by atoms with Crippen molar-refractivity contribution in [2.45, 2.75) is 83.8 Å². The Labute approximate surface area is 138 Å². The van der Waals surface area contributed by atoms with Crippen LogP contribution in [0.4, 0.5) is 4.79 Å².